The number of hydrogen-bond acceptors (Lipinski definition) is 2. The molecule has 0 unspecified atom stereocenters. The highest BCUT2D eigenvalue weighted by molar-refractivity contribution is 9.10. The smallest absolute Gasteiger partial charge is 0.137 e. The summed E-state index contributed by atoms with van der Waals surface area (Å²) in [5.41, 5.74) is 1.36. The molecule has 1 N–H and O–H groups in total. The number of benzene rings is 1. The summed E-state index contributed by atoms with van der Waals surface area (Å²) >= 11 is 3.26. The average Bonchev–Trinajstić information content (AvgIpc) is 2.29. The van der Waals surface area contributed by atoms with Gasteiger partial charge in [-0.05, 0) is 61.3 Å². The van der Waals surface area contributed by atoms with Crippen LogP contribution in [0, 0.1) is 5.82 Å². The molecule has 0 amide bonds. The van der Waals surface area contributed by atoms with Crippen LogP contribution in [0.4, 0.5) is 4.39 Å². The first-order valence-electron chi connectivity index (χ1n) is 6.64. The zero-order chi connectivity index (χ0) is 14.3. The van der Waals surface area contributed by atoms with Crippen molar-refractivity contribution in [1.29, 1.82) is 0 Å². The normalized spacial score (nSPS) is 22.4. The summed E-state index contributed by atoms with van der Waals surface area (Å²) in [5.74, 6) is -0.205. The molecule has 0 aromatic heterocycles. The van der Waals surface area contributed by atoms with Gasteiger partial charge in [-0.2, -0.15) is 0 Å². The summed E-state index contributed by atoms with van der Waals surface area (Å²) in [5, 5.41) is 3.57. The maximum Gasteiger partial charge on any atom is 0.137 e. The van der Waals surface area contributed by atoms with Gasteiger partial charge in [0.2, 0.25) is 0 Å². The minimum absolute atomic E-state index is 0.108. The summed E-state index contributed by atoms with van der Waals surface area (Å²) in [6.45, 7) is 11.7. The van der Waals surface area contributed by atoms with Gasteiger partial charge in [0.05, 0.1) is 4.47 Å². The van der Waals surface area contributed by atoms with Crippen molar-refractivity contribution in [2.45, 2.75) is 45.3 Å². The topological polar surface area (TPSA) is 15.3 Å². The van der Waals surface area contributed by atoms with Crippen molar-refractivity contribution >= 4 is 15.9 Å². The van der Waals surface area contributed by atoms with E-state index < -0.39 is 0 Å². The highest BCUT2D eigenvalue weighted by Gasteiger charge is 2.37. The predicted octanol–water partition coefficient (Wildman–Crippen LogP) is 3.55. The van der Waals surface area contributed by atoms with Crippen molar-refractivity contribution in [2.75, 3.05) is 13.1 Å². The van der Waals surface area contributed by atoms with E-state index in [2.05, 4.69) is 53.8 Å². The molecule has 1 aliphatic rings. The largest absolute Gasteiger partial charge is 0.309 e. The first kappa shape index (κ1) is 14.9. The maximum absolute atomic E-state index is 13.3. The van der Waals surface area contributed by atoms with Crippen LogP contribution in [-0.4, -0.2) is 29.1 Å². The first-order chi connectivity index (χ1) is 8.70. The molecule has 106 valence electrons. The molecule has 2 nitrogen and oxygen atoms in total. The minimum atomic E-state index is -0.205. The van der Waals surface area contributed by atoms with E-state index in [1.165, 1.54) is 6.07 Å². The van der Waals surface area contributed by atoms with E-state index in [4.69, 9.17) is 0 Å². The Kier molecular flexibility index (Phi) is 4.05. The number of nitrogens with one attached hydrogen (secondary N) is 1. The van der Waals surface area contributed by atoms with Gasteiger partial charge in [0.25, 0.3) is 0 Å². The van der Waals surface area contributed by atoms with Crippen LogP contribution in [0.5, 0.6) is 0 Å². The summed E-state index contributed by atoms with van der Waals surface area (Å²) < 4.78 is 13.8. The second-order valence-corrected chi connectivity index (χ2v) is 7.51. The van der Waals surface area contributed by atoms with Crippen LogP contribution in [-0.2, 0) is 6.54 Å². The molecule has 0 bridgehead atoms. The van der Waals surface area contributed by atoms with Gasteiger partial charge in [-0.3, -0.25) is 4.90 Å². The molecule has 19 heavy (non-hydrogen) atoms. The summed E-state index contributed by atoms with van der Waals surface area (Å²) in [7, 11) is 0. The lowest BCUT2D eigenvalue weighted by Crippen LogP contribution is -2.65. The molecule has 0 atom stereocenters. The van der Waals surface area contributed by atoms with E-state index >= 15 is 0 Å². The Bertz CT molecular complexity index is 471. The molecule has 1 aromatic rings. The van der Waals surface area contributed by atoms with E-state index in [9.17, 15) is 4.39 Å². The molecule has 1 aliphatic heterocycles. The van der Waals surface area contributed by atoms with Crippen LogP contribution in [0.1, 0.15) is 33.3 Å². The van der Waals surface area contributed by atoms with E-state index in [0.29, 0.717) is 4.47 Å². The number of rotatable bonds is 2. The SMILES string of the molecule is CC1(C)CN(Cc2ccc(F)c(Br)c2)C(C)(C)CN1. The molecular formula is C15H22BrFN2. The van der Waals surface area contributed by atoms with Gasteiger partial charge in [0.15, 0.2) is 0 Å². The maximum atomic E-state index is 13.3. The Morgan fingerprint density at radius 2 is 2.00 bits per heavy atom. The minimum Gasteiger partial charge on any atom is -0.309 e. The average molecular weight is 329 g/mol. The van der Waals surface area contributed by atoms with Crippen LogP contribution < -0.4 is 5.32 Å². The highest BCUT2D eigenvalue weighted by atomic mass is 79.9. The van der Waals surface area contributed by atoms with Gasteiger partial charge in [0, 0.05) is 30.7 Å². The fourth-order valence-corrected chi connectivity index (χ4v) is 2.87. The van der Waals surface area contributed by atoms with Crippen molar-refractivity contribution in [3.63, 3.8) is 0 Å². The summed E-state index contributed by atoms with van der Waals surface area (Å²) in [6, 6.07) is 5.27. The third-order valence-electron chi connectivity index (χ3n) is 3.80. The van der Waals surface area contributed by atoms with Crippen molar-refractivity contribution in [2.24, 2.45) is 0 Å². The van der Waals surface area contributed by atoms with Crippen LogP contribution in [0.15, 0.2) is 22.7 Å². The second-order valence-electron chi connectivity index (χ2n) is 6.65. The van der Waals surface area contributed by atoms with Gasteiger partial charge in [-0.25, -0.2) is 4.39 Å². The fourth-order valence-electron chi connectivity index (χ4n) is 2.44. The van der Waals surface area contributed by atoms with Crippen molar-refractivity contribution in [3.8, 4) is 0 Å². The molecule has 2 rings (SSSR count). The van der Waals surface area contributed by atoms with Crippen LogP contribution in [0.25, 0.3) is 0 Å². The standard InChI is InChI=1S/C15H22BrFN2/c1-14(2)10-19(15(3,4)9-18-14)8-11-5-6-13(17)12(16)7-11/h5-7,18H,8-10H2,1-4H3. The van der Waals surface area contributed by atoms with Gasteiger partial charge >= 0.3 is 0 Å². The Labute approximate surface area is 123 Å². The second kappa shape index (κ2) is 5.15. The Morgan fingerprint density at radius 1 is 1.32 bits per heavy atom. The van der Waals surface area contributed by atoms with Gasteiger partial charge < -0.3 is 5.32 Å². The highest BCUT2D eigenvalue weighted by Crippen LogP contribution is 2.26. The third-order valence-corrected chi connectivity index (χ3v) is 4.41. The molecule has 0 saturated carbocycles. The van der Waals surface area contributed by atoms with Gasteiger partial charge in [-0.1, -0.05) is 6.07 Å². The van der Waals surface area contributed by atoms with E-state index in [1.807, 2.05) is 12.1 Å². The van der Waals surface area contributed by atoms with Gasteiger partial charge in [0.1, 0.15) is 5.82 Å². The number of nitrogens with zero attached hydrogens (tertiary/aromatic N) is 1. The number of halogens is 2. The molecule has 4 heteroatoms. The van der Waals surface area contributed by atoms with E-state index in [-0.39, 0.29) is 16.9 Å². The predicted molar refractivity (Wildman–Crippen MR) is 80.7 cm³/mol. The lowest BCUT2D eigenvalue weighted by Gasteiger charge is -2.49. The molecule has 0 aliphatic carbocycles. The van der Waals surface area contributed by atoms with Crippen molar-refractivity contribution in [1.82, 2.24) is 10.2 Å². The van der Waals surface area contributed by atoms with Crippen LogP contribution in [0.2, 0.25) is 0 Å². The molecule has 1 heterocycles. The Morgan fingerprint density at radius 3 is 2.63 bits per heavy atom. The van der Waals surface area contributed by atoms with E-state index in [0.717, 1.165) is 25.2 Å². The van der Waals surface area contributed by atoms with Crippen LogP contribution in [0.3, 0.4) is 0 Å². The molecule has 1 saturated heterocycles. The summed E-state index contributed by atoms with van der Waals surface area (Å²) in [6.07, 6.45) is 0. The molecule has 0 radical (unpaired) electrons. The van der Waals surface area contributed by atoms with Gasteiger partial charge in [-0.15, -0.1) is 0 Å². The number of piperazine rings is 1. The first-order valence-corrected chi connectivity index (χ1v) is 7.43. The monoisotopic (exact) mass is 328 g/mol. The third kappa shape index (κ3) is 3.56. The lowest BCUT2D eigenvalue weighted by atomic mass is 9.91. The van der Waals surface area contributed by atoms with Crippen molar-refractivity contribution in [3.05, 3.63) is 34.1 Å². The molecular weight excluding hydrogens is 307 g/mol. The zero-order valence-electron chi connectivity index (χ0n) is 12.1. The van der Waals surface area contributed by atoms with E-state index in [1.54, 1.807) is 0 Å². The number of hydrogen-bond donors (Lipinski definition) is 1. The zero-order valence-corrected chi connectivity index (χ0v) is 13.6. The Hall–Kier alpha value is -0.450. The lowest BCUT2D eigenvalue weighted by molar-refractivity contribution is 0.0323. The fraction of sp³-hybridized carbons (Fsp3) is 0.600. The molecule has 0 spiro atoms. The summed E-state index contributed by atoms with van der Waals surface area (Å²) in [4.78, 5) is 2.46. The Balaban J connectivity index is 2.17. The van der Waals surface area contributed by atoms with Crippen LogP contribution >= 0.6 is 15.9 Å². The molecule has 1 fully saturated rings. The quantitative estimate of drug-likeness (QED) is 0.893. The van der Waals surface area contributed by atoms with Crippen molar-refractivity contribution < 1.29 is 4.39 Å². The molecule has 1 aromatic carbocycles.